The highest BCUT2D eigenvalue weighted by Crippen LogP contribution is 2.28. The predicted octanol–water partition coefficient (Wildman–Crippen LogP) is 4.66. The average Bonchev–Trinajstić information content (AvgIpc) is 2.87. The summed E-state index contributed by atoms with van der Waals surface area (Å²) in [4.78, 5) is 13.0. The number of nitrogens with zero attached hydrogens (tertiary/aromatic N) is 1. The van der Waals surface area contributed by atoms with E-state index in [1.807, 2.05) is 79.7 Å². The number of fused-ring (bicyclic) bond motifs is 1. The van der Waals surface area contributed by atoms with E-state index in [9.17, 15) is 13.2 Å². The highest BCUT2D eigenvalue weighted by Gasteiger charge is 2.30. The monoisotopic (exact) mass is 488 g/mol. The quantitative estimate of drug-likeness (QED) is 0.372. The Bertz CT molecular complexity index is 1430. The number of carbonyl (C=O) groups is 1. The third kappa shape index (κ3) is 5.70. The Morgan fingerprint density at radius 2 is 1.63 bits per heavy atom. The van der Waals surface area contributed by atoms with Crippen molar-refractivity contribution in [2.24, 2.45) is 0 Å². The number of benzene rings is 4. The fraction of sp³-hybridized carbons (Fsp3) is 0.179. The van der Waals surface area contributed by atoms with Crippen molar-refractivity contribution < 1.29 is 17.9 Å². The maximum atomic E-state index is 13.7. The molecule has 0 radical (unpaired) electrons. The Labute approximate surface area is 206 Å². The fourth-order valence-electron chi connectivity index (χ4n) is 3.99. The Kier molecular flexibility index (Phi) is 7.48. The van der Waals surface area contributed by atoms with Gasteiger partial charge in [-0.05, 0) is 46.5 Å². The lowest BCUT2D eigenvalue weighted by atomic mass is 10.0. The molecule has 4 rings (SSSR count). The van der Waals surface area contributed by atoms with E-state index >= 15 is 0 Å². The van der Waals surface area contributed by atoms with E-state index in [-0.39, 0.29) is 29.6 Å². The van der Waals surface area contributed by atoms with Crippen molar-refractivity contribution in [1.82, 2.24) is 9.62 Å². The van der Waals surface area contributed by atoms with Gasteiger partial charge in [-0.25, -0.2) is 8.42 Å². The number of methoxy groups -OCH3 is 1. The molecule has 0 heterocycles. The number of rotatable bonds is 9. The molecular formula is C28H28N2O4S. The predicted molar refractivity (Wildman–Crippen MR) is 138 cm³/mol. The maximum absolute atomic E-state index is 13.7. The molecule has 0 fully saturated rings. The standard InChI is InChI=1S/C28H28N2O4S/c1-21-15-16-26(34-2)27(17-21)35(32,33)30(19-22-9-4-3-5-10-22)20-28(31)29-18-24-13-8-12-23-11-6-7-14-25(23)24/h3-17H,18-20H2,1-2H3,(H,29,31). The molecule has 7 heteroatoms. The second-order valence-corrected chi connectivity index (χ2v) is 10.2. The van der Waals surface area contributed by atoms with Crippen LogP contribution in [0.1, 0.15) is 16.7 Å². The smallest absolute Gasteiger partial charge is 0.247 e. The van der Waals surface area contributed by atoms with Crippen molar-refractivity contribution in [3.8, 4) is 5.75 Å². The maximum Gasteiger partial charge on any atom is 0.247 e. The first-order valence-corrected chi connectivity index (χ1v) is 12.7. The Morgan fingerprint density at radius 3 is 2.40 bits per heavy atom. The minimum Gasteiger partial charge on any atom is -0.495 e. The number of aryl methyl sites for hydroxylation is 1. The molecule has 4 aromatic carbocycles. The summed E-state index contributed by atoms with van der Waals surface area (Å²) < 4.78 is 34.0. The van der Waals surface area contributed by atoms with Gasteiger partial charge in [-0.1, -0.05) is 78.9 Å². The topological polar surface area (TPSA) is 75.7 Å². The van der Waals surface area contributed by atoms with Crippen LogP contribution >= 0.6 is 0 Å². The van der Waals surface area contributed by atoms with Crippen molar-refractivity contribution in [3.63, 3.8) is 0 Å². The molecule has 0 spiro atoms. The summed E-state index contributed by atoms with van der Waals surface area (Å²) in [6, 6.07) is 28.1. The molecule has 0 aliphatic heterocycles. The molecule has 1 N–H and O–H groups in total. The molecule has 0 saturated heterocycles. The Morgan fingerprint density at radius 1 is 0.914 bits per heavy atom. The zero-order chi connectivity index (χ0) is 24.8. The number of sulfonamides is 1. The summed E-state index contributed by atoms with van der Waals surface area (Å²) in [6.07, 6.45) is 0. The molecule has 35 heavy (non-hydrogen) atoms. The highest BCUT2D eigenvalue weighted by atomic mass is 32.2. The van der Waals surface area contributed by atoms with Gasteiger partial charge in [-0.3, -0.25) is 4.79 Å². The summed E-state index contributed by atoms with van der Waals surface area (Å²) in [6.45, 7) is 1.85. The first-order chi connectivity index (χ1) is 16.9. The van der Waals surface area contributed by atoms with Crippen LogP contribution in [0.15, 0.2) is 95.9 Å². The third-order valence-corrected chi connectivity index (χ3v) is 7.63. The van der Waals surface area contributed by atoms with Crippen LogP contribution in [0.4, 0.5) is 0 Å². The molecule has 0 atom stereocenters. The molecule has 0 unspecified atom stereocenters. The summed E-state index contributed by atoms with van der Waals surface area (Å²) in [5.41, 5.74) is 2.53. The summed E-state index contributed by atoms with van der Waals surface area (Å²) >= 11 is 0. The van der Waals surface area contributed by atoms with Gasteiger partial charge in [0.25, 0.3) is 0 Å². The molecule has 0 saturated carbocycles. The molecule has 4 aromatic rings. The number of hydrogen-bond donors (Lipinski definition) is 1. The molecule has 0 bridgehead atoms. The second kappa shape index (κ2) is 10.7. The molecule has 180 valence electrons. The lowest BCUT2D eigenvalue weighted by Gasteiger charge is -2.23. The zero-order valence-corrected chi connectivity index (χ0v) is 20.6. The minimum atomic E-state index is -4.03. The van der Waals surface area contributed by atoms with E-state index in [4.69, 9.17) is 4.74 Å². The number of hydrogen-bond acceptors (Lipinski definition) is 4. The zero-order valence-electron chi connectivity index (χ0n) is 19.8. The van der Waals surface area contributed by atoms with Crippen molar-refractivity contribution in [1.29, 1.82) is 0 Å². The third-order valence-electron chi connectivity index (χ3n) is 5.81. The van der Waals surface area contributed by atoms with E-state index in [2.05, 4.69) is 5.32 Å². The SMILES string of the molecule is COc1ccc(C)cc1S(=O)(=O)N(CC(=O)NCc1cccc2ccccc12)Cc1ccccc1. The number of carbonyl (C=O) groups excluding carboxylic acids is 1. The van der Waals surface area contributed by atoms with Crippen LogP contribution in [0.3, 0.4) is 0 Å². The lowest BCUT2D eigenvalue weighted by molar-refractivity contribution is -0.121. The van der Waals surface area contributed by atoms with Crippen molar-refractivity contribution in [2.45, 2.75) is 24.9 Å². The second-order valence-electron chi connectivity index (χ2n) is 8.33. The lowest BCUT2D eigenvalue weighted by Crippen LogP contribution is -2.40. The van der Waals surface area contributed by atoms with E-state index in [0.717, 1.165) is 27.5 Å². The van der Waals surface area contributed by atoms with E-state index in [1.165, 1.54) is 11.4 Å². The van der Waals surface area contributed by atoms with Crippen LogP contribution in [-0.4, -0.2) is 32.3 Å². The molecule has 0 aromatic heterocycles. The normalized spacial score (nSPS) is 11.5. The molecule has 1 amide bonds. The first-order valence-electron chi connectivity index (χ1n) is 11.3. The van der Waals surface area contributed by atoms with Gasteiger partial charge in [0.05, 0.1) is 13.7 Å². The number of nitrogens with one attached hydrogen (secondary N) is 1. The largest absolute Gasteiger partial charge is 0.495 e. The van der Waals surface area contributed by atoms with Crippen LogP contribution in [0.5, 0.6) is 5.75 Å². The number of amides is 1. The van der Waals surface area contributed by atoms with Crippen LogP contribution in [0, 0.1) is 6.92 Å². The fourth-order valence-corrected chi connectivity index (χ4v) is 5.62. The van der Waals surface area contributed by atoms with Gasteiger partial charge in [-0.15, -0.1) is 0 Å². The van der Waals surface area contributed by atoms with E-state index < -0.39 is 10.0 Å². The van der Waals surface area contributed by atoms with Gasteiger partial charge in [0.2, 0.25) is 15.9 Å². The van der Waals surface area contributed by atoms with Gasteiger partial charge in [0, 0.05) is 13.1 Å². The van der Waals surface area contributed by atoms with Crippen LogP contribution in [0.2, 0.25) is 0 Å². The Balaban J connectivity index is 1.59. The van der Waals surface area contributed by atoms with Crippen molar-refractivity contribution >= 4 is 26.7 Å². The molecule has 0 aliphatic rings. The Hall–Kier alpha value is -3.68. The average molecular weight is 489 g/mol. The van der Waals surface area contributed by atoms with Crippen LogP contribution in [-0.2, 0) is 27.9 Å². The van der Waals surface area contributed by atoms with Gasteiger partial charge in [0.1, 0.15) is 10.6 Å². The van der Waals surface area contributed by atoms with Gasteiger partial charge >= 0.3 is 0 Å². The van der Waals surface area contributed by atoms with E-state index in [1.54, 1.807) is 18.2 Å². The molecular weight excluding hydrogens is 460 g/mol. The molecule has 0 aliphatic carbocycles. The van der Waals surface area contributed by atoms with Crippen LogP contribution in [0.25, 0.3) is 10.8 Å². The van der Waals surface area contributed by atoms with Crippen LogP contribution < -0.4 is 10.1 Å². The summed E-state index contributed by atoms with van der Waals surface area (Å²) in [5, 5.41) is 5.03. The van der Waals surface area contributed by atoms with E-state index in [0.29, 0.717) is 6.54 Å². The highest BCUT2D eigenvalue weighted by molar-refractivity contribution is 7.89. The van der Waals surface area contributed by atoms with Gasteiger partial charge in [0.15, 0.2) is 0 Å². The molecule has 6 nitrogen and oxygen atoms in total. The summed E-state index contributed by atoms with van der Waals surface area (Å²) in [7, 11) is -2.60. The van der Waals surface area contributed by atoms with Crippen molar-refractivity contribution in [2.75, 3.05) is 13.7 Å². The number of ether oxygens (including phenoxy) is 1. The van der Waals surface area contributed by atoms with Gasteiger partial charge in [-0.2, -0.15) is 4.31 Å². The summed E-state index contributed by atoms with van der Waals surface area (Å²) in [5.74, 6) is -0.145. The first kappa shape index (κ1) is 24.4. The van der Waals surface area contributed by atoms with Gasteiger partial charge < -0.3 is 10.1 Å². The minimum absolute atomic E-state index is 0.0396. The van der Waals surface area contributed by atoms with Crippen molar-refractivity contribution in [3.05, 3.63) is 108 Å².